The summed E-state index contributed by atoms with van der Waals surface area (Å²) in [6.45, 7) is 1.65. The van der Waals surface area contributed by atoms with Crippen LogP contribution in [0.15, 0.2) is 30.3 Å². The Bertz CT molecular complexity index is 652. The maximum atomic E-state index is 12.5. The van der Waals surface area contributed by atoms with Crippen molar-refractivity contribution >= 4 is 5.91 Å². The first-order valence-corrected chi connectivity index (χ1v) is 8.19. The van der Waals surface area contributed by atoms with Crippen molar-refractivity contribution in [1.82, 2.24) is 15.1 Å². The summed E-state index contributed by atoms with van der Waals surface area (Å²) in [4.78, 5) is 14.2. The summed E-state index contributed by atoms with van der Waals surface area (Å²) in [5, 5.41) is 7.26. The molecule has 2 aromatic rings. The first-order valence-electron chi connectivity index (χ1n) is 8.19. The average molecular weight is 313 g/mol. The van der Waals surface area contributed by atoms with Gasteiger partial charge in [-0.3, -0.25) is 9.89 Å². The second-order valence-corrected chi connectivity index (χ2v) is 6.00. The molecule has 0 atom stereocenters. The van der Waals surface area contributed by atoms with E-state index in [1.165, 1.54) is 6.42 Å². The summed E-state index contributed by atoms with van der Waals surface area (Å²) in [5.41, 5.74) is 3.97. The molecule has 1 aromatic heterocycles. The lowest BCUT2D eigenvalue weighted by Crippen LogP contribution is -2.31. The fourth-order valence-electron chi connectivity index (χ4n) is 2.91. The van der Waals surface area contributed by atoms with Gasteiger partial charge in [-0.1, -0.05) is 30.3 Å². The molecule has 0 unspecified atom stereocenters. The molecule has 0 aliphatic heterocycles. The minimum absolute atomic E-state index is 0.0206. The Labute approximate surface area is 136 Å². The molecule has 0 radical (unpaired) electrons. The highest BCUT2D eigenvalue weighted by atomic mass is 16.5. The third-order valence-electron chi connectivity index (χ3n) is 4.29. The smallest absolute Gasteiger partial charge is 0.274 e. The van der Waals surface area contributed by atoms with E-state index < -0.39 is 0 Å². The molecule has 122 valence electrons. The van der Waals surface area contributed by atoms with Crippen LogP contribution in [-0.2, 0) is 24.2 Å². The average Bonchev–Trinajstić information content (AvgIpc) is 3.03. The Kier molecular flexibility index (Phi) is 5.08. The van der Waals surface area contributed by atoms with E-state index in [1.54, 1.807) is 11.9 Å². The molecule has 0 fully saturated rings. The molecule has 1 aromatic carbocycles. The predicted octanol–water partition coefficient (Wildman–Crippen LogP) is 2.58. The molecular weight excluding hydrogens is 290 g/mol. The van der Waals surface area contributed by atoms with Gasteiger partial charge in [0.15, 0.2) is 5.69 Å². The molecule has 0 saturated carbocycles. The lowest BCUT2D eigenvalue weighted by molar-refractivity contribution is 0.0664. The van der Waals surface area contributed by atoms with Crippen molar-refractivity contribution in [1.29, 1.82) is 0 Å². The number of likely N-dealkylation sites (N-methyl/N-ethyl adjacent to an activating group) is 1. The van der Waals surface area contributed by atoms with E-state index in [1.807, 2.05) is 30.3 Å². The molecule has 0 saturated heterocycles. The fraction of sp³-hybridized carbons (Fsp3) is 0.444. The van der Waals surface area contributed by atoms with Gasteiger partial charge in [-0.05, 0) is 31.2 Å². The number of rotatable bonds is 6. The fourth-order valence-corrected chi connectivity index (χ4v) is 2.91. The van der Waals surface area contributed by atoms with Gasteiger partial charge in [-0.15, -0.1) is 0 Å². The van der Waals surface area contributed by atoms with Crippen molar-refractivity contribution < 1.29 is 9.53 Å². The van der Waals surface area contributed by atoms with Gasteiger partial charge in [0.05, 0.1) is 13.2 Å². The van der Waals surface area contributed by atoms with Crippen LogP contribution in [0.25, 0.3) is 0 Å². The zero-order valence-corrected chi connectivity index (χ0v) is 13.5. The van der Waals surface area contributed by atoms with E-state index in [4.69, 9.17) is 4.74 Å². The van der Waals surface area contributed by atoms with Crippen LogP contribution in [0.1, 0.15) is 40.2 Å². The second-order valence-electron chi connectivity index (χ2n) is 6.00. The molecule has 23 heavy (non-hydrogen) atoms. The Morgan fingerprint density at radius 3 is 2.87 bits per heavy atom. The van der Waals surface area contributed by atoms with Crippen molar-refractivity contribution in [3.8, 4) is 0 Å². The van der Waals surface area contributed by atoms with Gasteiger partial charge in [0.1, 0.15) is 0 Å². The first kappa shape index (κ1) is 15.7. The first-order chi connectivity index (χ1) is 11.3. The molecule has 0 spiro atoms. The molecule has 5 heteroatoms. The molecule has 1 N–H and O–H groups in total. The van der Waals surface area contributed by atoms with Gasteiger partial charge < -0.3 is 9.64 Å². The summed E-state index contributed by atoms with van der Waals surface area (Å²) in [6.07, 6.45) is 4.26. The second kappa shape index (κ2) is 7.42. The lowest BCUT2D eigenvalue weighted by atomic mass is 9.95. The van der Waals surface area contributed by atoms with E-state index in [2.05, 4.69) is 10.2 Å². The maximum absolute atomic E-state index is 12.5. The van der Waals surface area contributed by atoms with Crippen molar-refractivity contribution in [3.63, 3.8) is 0 Å². The van der Waals surface area contributed by atoms with Crippen LogP contribution in [0.3, 0.4) is 0 Å². The number of carbonyl (C=O) groups excluding carboxylic acids is 1. The standard InChI is InChI=1S/C18H23N3O2/c1-21(11-12-23-13-14-7-3-2-4-8-14)18(22)17-15-9-5-6-10-16(15)19-20-17/h2-4,7-8H,5-6,9-13H2,1H3,(H,19,20). The monoisotopic (exact) mass is 313 g/mol. The molecule has 1 aliphatic carbocycles. The number of aromatic amines is 1. The van der Waals surface area contributed by atoms with E-state index in [0.29, 0.717) is 25.5 Å². The molecule has 1 aliphatic rings. The highest BCUT2D eigenvalue weighted by molar-refractivity contribution is 5.93. The number of hydrogen-bond donors (Lipinski definition) is 1. The summed E-state index contributed by atoms with van der Waals surface area (Å²) < 4.78 is 5.65. The van der Waals surface area contributed by atoms with Gasteiger partial charge in [0.2, 0.25) is 0 Å². The van der Waals surface area contributed by atoms with Crippen molar-refractivity contribution in [2.45, 2.75) is 32.3 Å². The topological polar surface area (TPSA) is 58.2 Å². The van der Waals surface area contributed by atoms with Gasteiger partial charge in [-0.25, -0.2) is 0 Å². The summed E-state index contributed by atoms with van der Waals surface area (Å²) in [6, 6.07) is 10.0. The normalized spacial score (nSPS) is 13.6. The van der Waals surface area contributed by atoms with E-state index in [9.17, 15) is 4.79 Å². The summed E-state index contributed by atoms with van der Waals surface area (Å²) >= 11 is 0. The molecule has 5 nitrogen and oxygen atoms in total. The maximum Gasteiger partial charge on any atom is 0.274 e. The van der Waals surface area contributed by atoms with E-state index >= 15 is 0 Å². The lowest BCUT2D eigenvalue weighted by Gasteiger charge is -2.18. The van der Waals surface area contributed by atoms with Crippen LogP contribution in [0, 0.1) is 0 Å². The predicted molar refractivity (Wildman–Crippen MR) is 88.3 cm³/mol. The van der Waals surface area contributed by atoms with Gasteiger partial charge in [0, 0.05) is 24.8 Å². The van der Waals surface area contributed by atoms with Crippen LogP contribution in [0.2, 0.25) is 0 Å². The third kappa shape index (κ3) is 3.79. The van der Waals surface area contributed by atoms with Gasteiger partial charge >= 0.3 is 0 Å². The minimum Gasteiger partial charge on any atom is -0.375 e. The highest BCUT2D eigenvalue weighted by Crippen LogP contribution is 2.22. The zero-order chi connectivity index (χ0) is 16.1. The number of aromatic nitrogens is 2. The van der Waals surface area contributed by atoms with E-state index in [-0.39, 0.29) is 5.91 Å². The molecular formula is C18H23N3O2. The van der Waals surface area contributed by atoms with Gasteiger partial charge in [-0.2, -0.15) is 5.10 Å². The third-order valence-corrected chi connectivity index (χ3v) is 4.29. The quantitative estimate of drug-likeness (QED) is 0.834. The van der Waals surface area contributed by atoms with Crippen LogP contribution in [-0.4, -0.2) is 41.2 Å². The van der Waals surface area contributed by atoms with Crippen molar-refractivity contribution in [3.05, 3.63) is 52.8 Å². The molecule has 0 bridgehead atoms. The number of nitrogens with zero attached hydrogens (tertiary/aromatic N) is 2. The SMILES string of the molecule is CN(CCOCc1ccccc1)C(=O)c1n[nH]c2c1CCCC2. The number of aryl methyl sites for hydroxylation is 1. The number of H-pyrrole nitrogens is 1. The molecule has 1 heterocycles. The van der Waals surface area contributed by atoms with Crippen LogP contribution in [0.4, 0.5) is 0 Å². The van der Waals surface area contributed by atoms with Crippen LogP contribution < -0.4 is 0 Å². The van der Waals surface area contributed by atoms with Crippen LogP contribution in [0.5, 0.6) is 0 Å². The number of nitrogens with one attached hydrogen (secondary N) is 1. The van der Waals surface area contributed by atoms with Crippen molar-refractivity contribution in [2.24, 2.45) is 0 Å². The molecule has 3 rings (SSSR count). The number of amides is 1. The Morgan fingerprint density at radius 1 is 1.26 bits per heavy atom. The summed E-state index contributed by atoms with van der Waals surface area (Å²) in [7, 11) is 1.80. The molecule has 1 amide bonds. The van der Waals surface area contributed by atoms with E-state index in [0.717, 1.165) is 36.1 Å². The Morgan fingerprint density at radius 2 is 2.04 bits per heavy atom. The number of benzene rings is 1. The minimum atomic E-state index is -0.0206. The van der Waals surface area contributed by atoms with Crippen molar-refractivity contribution in [2.75, 3.05) is 20.2 Å². The summed E-state index contributed by atoms with van der Waals surface area (Å²) in [5.74, 6) is -0.0206. The van der Waals surface area contributed by atoms with Gasteiger partial charge in [0.25, 0.3) is 5.91 Å². The Hall–Kier alpha value is -2.14. The van der Waals surface area contributed by atoms with Crippen LogP contribution >= 0.6 is 0 Å². The number of hydrogen-bond acceptors (Lipinski definition) is 3. The largest absolute Gasteiger partial charge is 0.375 e. The Balaban J connectivity index is 1.49. The highest BCUT2D eigenvalue weighted by Gasteiger charge is 2.23. The number of ether oxygens (including phenoxy) is 1. The number of carbonyl (C=O) groups is 1. The number of fused-ring (bicyclic) bond motifs is 1. The zero-order valence-electron chi connectivity index (χ0n) is 13.5.